The Bertz CT molecular complexity index is 375. The molecule has 0 saturated heterocycles. The normalized spacial score (nSPS) is 9.62. The lowest BCUT2D eigenvalue weighted by molar-refractivity contribution is -0.137. The van der Waals surface area contributed by atoms with E-state index in [0.717, 1.165) is 11.3 Å². The van der Waals surface area contributed by atoms with E-state index in [1.807, 2.05) is 25.1 Å². The van der Waals surface area contributed by atoms with Crippen molar-refractivity contribution in [1.29, 1.82) is 0 Å². The Kier molecular flexibility index (Phi) is 4.51. The van der Waals surface area contributed by atoms with E-state index in [1.165, 1.54) is 6.08 Å². The molecule has 0 atom stereocenters. The fraction of sp³-hybridized carbons (Fsp3) is 0.333. The van der Waals surface area contributed by atoms with Crippen LogP contribution < -0.4 is 4.90 Å². The molecule has 0 radical (unpaired) electrons. The second-order valence-electron chi connectivity index (χ2n) is 3.52. The summed E-state index contributed by atoms with van der Waals surface area (Å²) in [6, 6.07) is 1.93. The standard InChI is InChI=1S/C12H16N2O2/c1-4-12(15)16-8-6-10-5-7-13-9-11(10)14(2)3/h4-5,7,9H,1,6,8H2,2-3H3. The van der Waals surface area contributed by atoms with Crippen molar-refractivity contribution in [1.82, 2.24) is 4.98 Å². The minimum atomic E-state index is -0.388. The summed E-state index contributed by atoms with van der Waals surface area (Å²) in [5.41, 5.74) is 2.15. The van der Waals surface area contributed by atoms with Crippen LogP contribution in [0, 0.1) is 0 Å². The predicted octanol–water partition coefficient (Wildman–Crippen LogP) is 1.42. The van der Waals surface area contributed by atoms with Crippen molar-refractivity contribution in [2.24, 2.45) is 0 Å². The molecule has 0 fully saturated rings. The number of hydrogen-bond donors (Lipinski definition) is 0. The van der Waals surface area contributed by atoms with Gasteiger partial charge >= 0.3 is 5.97 Å². The van der Waals surface area contributed by atoms with E-state index < -0.39 is 0 Å². The van der Waals surface area contributed by atoms with E-state index in [0.29, 0.717) is 13.0 Å². The molecule has 4 nitrogen and oxygen atoms in total. The van der Waals surface area contributed by atoms with Gasteiger partial charge in [0.05, 0.1) is 18.5 Å². The molecule has 0 N–H and O–H groups in total. The van der Waals surface area contributed by atoms with Gasteiger partial charge in [-0.05, 0) is 11.6 Å². The topological polar surface area (TPSA) is 42.4 Å². The smallest absolute Gasteiger partial charge is 0.330 e. The molecule has 0 aliphatic carbocycles. The number of ether oxygens (including phenoxy) is 1. The zero-order valence-corrected chi connectivity index (χ0v) is 9.64. The van der Waals surface area contributed by atoms with Gasteiger partial charge < -0.3 is 9.64 Å². The van der Waals surface area contributed by atoms with Crippen LogP contribution in [0.5, 0.6) is 0 Å². The van der Waals surface area contributed by atoms with Crippen molar-refractivity contribution < 1.29 is 9.53 Å². The van der Waals surface area contributed by atoms with E-state index >= 15 is 0 Å². The highest BCUT2D eigenvalue weighted by molar-refractivity contribution is 5.81. The number of anilines is 1. The number of pyridine rings is 1. The van der Waals surface area contributed by atoms with Crippen LogP contribution in [0.2, 0.25) is 0 Å². The first-order valence-corrected chi connectivity index (χ1v) is 5.04. The Labute approximate surface area is 95.6 Å². The molecule has 4 heteroatoms. The van der Waals surface area contributed by atoms with E-state index in [1.54, 1.807) is 12.4 Å². The summed E-state index contributed by atoms with van der Waals surface area (Å²) in [6.45, 7) is 3.70. The number of nitrogens with zero attached hydrogens (tertiary/aromatic N) is 2. The first-order chi connectivity index (χ1) is 7.65. The van der Waals surface area contributed by atoms with Gasteiger partial charge in [-0.2, -0.15) is 0 Å². The molecule has 86 valence electrons. The number of carbonyl (C=O) groups is 1. The second-order valence-corrected chi connectivity index (χ2v) is 3.52. The summed E-state index contributed by atoms with van der Waals surface area (Å²) in [7, 11) is 3.91. The molecule has 1 rings (SSSR count). The minimum Gasteiger partial charge on any atom is -0.462 e. The minimum absolute atomic E-state index is 0.357. The average Bonchev–Trinajstić information content (AvgIpc) is 2.29. The number of carbonyl (C=O) groups excluding carboxylic acids is 1. The molecule has 0 bridgehead atoms. The lowest BCUT2D eigenvalue weighted by atomic mass is 10.1. The van der Waals surface area contributed by atoms with Crippen LogP contribution in [0.1, 0.15) is 5.56 Å². The van der Waals surface area contributed by atoms with Crippen molar-refractivity contribution >= 4 is 11.7 Å². The quantitative estimate of drug-likeness (QED) is 0.556. The molecule has 16 heavy (non-hydrogen) atoms. The Balaban J connectivity index is 2.59. The average molecular weight is 220 g/mol. The third-order valence-electron chi connectivity index (χ3n) is 2.15. The maximum Gasteiger partial charge on any atom is 0.330 e. The molecule has 0 unspecified atom stereocenters. The van der Waals surface area contributed by atoms with Gasteiger partial charge in [0, 0.05) is 32.8 Å². The fourth-order valence-electron chi connectivity index (χ4n) is 1.35. The summed E-state index contributed by atoms with van der Waals surface area (Å²) >= 11 is 0. The SMILES string of the molecule is C=CC(=O)OCCc1ccncc1N(C)C. The van der Waals surface area contributed by atoms with Crippen molar-refractivity contribution in [2.75, 3.05) is 25.6 Å². The van der Waals surface area contributed by atoms with Crippen LogP contribution in [-0.2, 0) is 16.0 Å². The molecular weight excluding hydrogens is 204 g/mol. The zero-order valence-electron chi connectivity index (χ0n) is 9.64. The van der Waals surface area contributed by atoms with Gasteiger partial charge in [-0.25, -0.2) is 4.79 Å². The summed E-state index contributed by atoms with van der Waals surface area (Å²) < 4.78 is 4.93. The van der Waals surface area contributed by atoms with Gasteiger partial charge in [0.15, 0.2) is 0 Å². The maximum absolute atomic E-state index is 10.9. The Hall–Kier alpha value is -1.84. The highest BCUT2D eigenvalue weighted by atomic mass is 16.5. The van der Waals surface area contributed by atoms with E-state index in [4.69, 9.17) is 4.74 Å². The molecule has 1 aromatic heterocycles. The van der Waals surface area contributed by atoms with Crippen molar-refractivity contribution in [2.45, 2.75) is 6.42 Å². The third kappa shape index (κ3) is 3.38. The van der Waals surface area contributed by atoms with Gasteiger partial charge in [0.25, 0.3) is 0 Å². The number of aromatic nitrogens is 1. The van der Waals surface area contributed by atoms with Crippen LogP contribution in [0.15, 0.2) is 31.1 Å². The fourth-order valence-corrected chi connectivity index (χ4v) is 1.35. The monoisotopic (exact) mass is 220 g/mol. The van der Waals surface area contributed by atoms with Gasteiger partial charge in [-0.1, -0.05) is 6.58 Å². The molecule has 0 saturated carbocycles. The van der Waals surface area contributed by atoms with Gasteiger partial charge in [-0.15, -0.1) is 0 Å². The van der Waals surface area contributed by atoms with Gasteiger partial charge in [0.1, 0.15) is 0 Å². The number of rotatable bonds is 5. The van der Waals surface area contributed by atoms with E-state index in [2.05, 4.69) is 11.6 Å². The summed E-state index contributed by atoms with van der Waals surface area (Å²) in [5.74, 6) is -0.388. The maximum atomic E-state index is 10.9. The van der Waals surface area contributed by atoms with E-state index in [-0.39, 0.29) is 5.97 Å². The van der Waals surface area contributed by atoms with Gasteiger partial charge in [0.2, 0.25) is 0 Å². The van der Waals surface area contributed by atoms with Crippen molar-refractivity contribution in [3.05, 3.63) is 36.7 Å². The highest BCUT2D eigenvalue weighted by Crippen LogP contribution is 2.16. The molecule has 0 aliphatic rings. The first kappa shape index (κ1) is 12.2. The van der Waals surface area contributed by atoms with Gasteiger partial charge in [-0.3, -0.25) is 4.98 Å². The molecule has 0 aliphatic heterocycles. The Morgan fingerprint density at radius 1 is 1.62 bits per heavy atom. The third-order valence-corrected chi connectivity index (χ3v) is 2.15. The number of esters is 1. The van der Waals surface area contributed by atoms with Crippen molar-refractivity contribution in [3.8, 4) is 0 Å². The lowest BCUT2D eigenvalue weighted by Gasteiger charge is -2.16. The highest BCUT2D eigenvalue weighted by Gasteiger charge is 2.04. The first-order valence-electron chi connectivity index (χ1n) is 5.04. The molecule has 1 heterocycles. The molecule has 0 amide bonds. The van der Waals surface area contributed by atoms with Crippen LogP contribution in [0.3, 0.4) is 0 Å². The van der Waals surface area contributed by atoms with Crippen LogP contribution in [0.25, 0.3) is 0 Å². The van der Waals surface area contributed by atoms with Crippen molar-refractivity contribution in [3.63, 3.8) is 0 Å². The van der Waals surface area contributed by atoms with E-state index in [9.17, 15) is 4.79 Å². The summed E-state index contributed by atoms with van der Waals surface area (Å²) in [6.07, 6.45) is 5.37. The lowest BCUT2D eigenvalue weighted by Crippen LogP contribution is -2.13. The van der Waals surface area contributed by atoms with Crippen LogP contribution in [-0.4, -0.2) is 31.7 Å². The Morgan fingerprint density at radius 3 is 3.00 bits per heavy atom. The van der Waals surface area contributed by atoms with Crippen LogP contribution in [0.4, 0.5) is 5.69 Å². The predicted molar refractivity (Wildman–Crippen MR) is 63.4 cm³/mol. The molecule has 1 aromatic rings. The largest absolute Gasteiger partial charge is 0.462 e. The molecular formula is C12H16N2O2. The summed E-state index contributed by atoms with van der Waals surface area (Å²) in [5, 5.41) is 0. The number of hydrogen-bond acceptors (Lipinski definition) is 4. The zero-order chi connectivity index (χ0) is 12.0. The Morgan fingerprint density at radius 2 is 2.38 bits per heavy atom. The second kappa shape index (κ2) is 5.90. The summed E-state index contributed by atoms with van der Waals surface area (Å²) in [4.78, 5) is 16.9. The molecule has 0 spiro atoms. The van der Waals surface area contributed by atoms with Crippen LogP contribution >= 0.6 is 0 Å². The molecule has 0 aromatic carbocycles.